The highest BCUT2D eigenvalue weighted by Gasteiger charge is 2.14. The monoisotopic (exact) mass is 434 g/mol. The molecule has 0 atom stereocenters. The second-order valence-electron chi connectivity index (χ2n) is 5.73. The summed E-state index contributed by atoms with van der Waals surface area (Å²) >= 11 is 4.60. The Morgan fingerprint density at radius 2 is 1.96 bits per heavy atom. The van der Waals surface area contributed by atoms with E-state index in [1.54, 1.807) is 16.7 Å². The van der Waals surface area contributed by atoms with Crippen molar-refractivity contribution in [3.8, 4) is 0 Å². The fourth-order valence-electron chi connectivity index (χ4n) is 2.55. The van der Waals surface area contributed by atoms with E-state index in [9.17, 15) is 14.0 Å². The topological polar surface area (TPSA) is 52.0 Å². The van der Waals surface area contributed by atoms with Gasteiger partial charge in [0.05, 0.1) is 16.7 Å². The lowest BCUT2D eigenvalue weighted by atomic mass is 10.1. The maximum Gasteiger partial charge on any atom is 0.262 e. The lowest BCUT2D eigenvalue weighted by Crippen LogP contribution is -2.23. The number of fused-ring (bicyclic) bond motifs is 1. The van der Waals surface area contributed by atoms with Gasteiger partial charge in [0.25, 0.3) is 5.56 Å². The molecule has 0 aliphatic heterocycles. The summed E-state index contributed by atoms with van der Waals surface area (Å²) in [5.41, 5.74) is 0.921. The molecule has 3 rings (SSSR count). The first-order valence-electron chi connectivity index (χ1n) is 8.11. The SMILES string of the molecule is CCCn1c(SCC(=O)c2ccc(F)cc2)nc2ccc(Br)cc2c1=O. The molecule has 0 aliphatic rings. The molecular formula is C19H16BrFN2O2S. The molecule has 2 aromatic carbocycles. The Kier molecular flexibility index (Phi) is 5.88. The number of rotatable bonds is 6. The molecule has 0 aliphatic carbocycles. The van der Waals surface area contributed by atoms with Gasteiger partial charge in [0, 0.05) is 16.6 Å². The Morgan fingerprint density at radius 3 is 2.65 bits per heavy atom. The highest BCUT2D eigenvalue weighted by Crippen LogP contribution is 2.21. The van der Waals surface area contributed by atoms with Crippen LogP contribution in [0.1, 0.15) is 23.7 Å². The molecule has 134 valence electrons. The summed E-state index contributed by atoms with van der Waals surface area (Å²) in [6.45, 7) is 2.51. The summed E-state index contributed by atoms with van der Waals surface area (Å²) in [5, 5.41) is 1.06. The number of benzene rings is 2. The highest BCUT2D eigenvalue weighted by atomic mass is 79.9. The molecule has 0 amide bonds. The van der Waals surface area contributed by atoms with E-state index in [0.717, 1.165) is 10.9 Å². The van der Waals surface area contributed by atoms with Crippen molar-refractivity contribution < 1.29 is 9.18 Å². The number of carbonyl (C=O) groups excluding carboxylic acids is 1. The van der Waals surface area contributed by atoms with Gasteiger partial charge < -0.3 is 0 Å². The van der Waals surface area contributed by atoms with Crippen LogP contribution in [-0.4, -0.2) is 21.1 Å². The van der Waals surface area contributed by atoms with Gasteiger partial charge >= 0.3 is 0 Å². The van der Waals surface area contributed by atoms with Crippen LogP contribution in [0.5, 0.6) is 0 Å². The summed E-state index contributed by atoms with van der Waals surface area (Å²) in [5.74, 6) is -0.388. The Morgan fingerprint density at radius 1 is 1.23 bits per heavy atom. The first kappa shape index (κ1) is 18.8. The Hall–Kier alpha value is -1.99. The van der Waals surface area contributed by atoms with Crippen LogP contribution in [0.25, 0.3) is 10.9 Å². The Bertz CT molecular complexity index is 1020. The van der Waals surface area contributed by atoms with Gasteiger partial charge in [-0.05, 0) is 48.9 Å². The number of nitrogens with zero attached hydrogens (tertiary/aromatic N) is 2. The summed E-state index contributed by atoms with van der Waals surface area (Å²) in [7, 11) is 0. The quantitative estimate of drug-likeness (QED) is 0.321. The van der Waals surface area contributed by atoms with Crippen LogP contribution >= 0.6 is 27.7 Å². The van der Waals surface area contributed by atoms with Crippen LogP contribution < -0.4 is 5.56 Å². The van der Waals surface area contributed by atoms with Gasteiger partial charge in [0.1, 0.15) is 5.82 Å². The minimum absolute atomic E-state index is 0.116. The van der Waals surface area contributed by atoms with E-state index in [1.165, 1.54) is 36.0 Å². The van der Waals surface area contributed by atoms with Crippen LogP contribution in [0.4, 0.5) is 4.39 Å². The maximum absolute atomic E-state index is 13.0. The summed E-state index contributed by atoms with van der Waals surface area (Å²) in [6.07, 6.45) is 0.778. The second-order valence-corrected chi connectivity index (χ2v) is 7.59. The molecular weight excluding hydrogens is 419 g/mol. The third kappa shape index (κ3) is 4.04. The lowest BCUT2D eigenvalue weighted by Gasteiger charge is -2.12. The molecule has 0 saturated carbocycles. The summed E-state index contributed by atoms with van der Waals surface area (Å²) in [4.78, 5) is 29.7. The number of halogens is 2. The minimum Gasteiger partial charge on any atom is -0.293 e. The van der Waals surface area contributed by atoms with Crippen molar-refractivity contribution in [1.29, 1.82) is 0 Å². The number of Topliss-reactive ketones (excluding diaryl/α,β-unsaturated/α-hetero) is 1. The van der Waals surface area contributed by atoms with Crippen LogP contribution in [0.3, 0.4) is 0 Å². The van der Waals surface area contributed by atoms with Gasteiger partial charge in [-0.1, -0.05) is 34.6 Å². The van der Waals surface area contributed by atoms with E-state index in [0.29, 0.717) is 28.2 Å². The van der Waals surface area contributed by atoms with Crippen LogP contribution in [0.2, 0.25) is 0 Å². The van der Waals surface area contributed by atoms with Crippen LogP contribution in [0, 0.1) is 5.82 Å². The predicted molar refractivity (Wildman–Crippen MR) is 105 cm³/mol. The molecule has 0 unspecified atom stereocenters. The third-order valence-electron chi connectivity index (χ3n) is 3.83. The molecule has 0 radical (unpaired) electrons. The average Bonchev–Trinajstić information content (AvgIpc) is 2.63. The van der Waals surface area contributed by atoms with Crippen molar-refractivity contribution in [2.45, 2.75) is 25.0 Å². The van der Waals surface area contributed by atoms with Crippen LogP contribution in [0.15, 0.2) is 56.9 Å². The van der Waals surface area contributed by atoms with Crippen molar-refractivity contribution in [2.75, 3.05) is 5.75 Å². The number of carbonyl (C=O) groups is 1. The second kappa shape index (κ2) is 8.14. The van der Waals surface area contributed by atoms with Crippen molar-refractivity contribution >= 4 is 44.4 Å². The van der Waals surface area contributed by atoms with Gasteiger partial charge in [0.15, 0.2) is 10.9 Å². The van der Waals surface area contributed by atoms with Gasteiger partial charge in [-0.25, -0.2) is 9.37 Å². The zero-order valence-electron chi connectivity index (χ0n) is 14.0. The number of hydrogen-bond donors (Lipinski definition) is 0. The largest absolute Gasteiger partial charge is 0.293 e. The van der Waals surface area contributed by atoms with E-state index in [4.69, 9.17) is 0 Å². The van der Waals surface area contributed by atoms with E-state index >= 15 is 0 Å². The molecule has 3 aromatic rings. The molecule has 0 spiro atoms. The molecule has 1 heterocycles. The lowest BCUT2D eigenvalue weighted by molar-refractivity contribution is 0.102. The zero-order chi connectivity index (χ0) is 18.7. The first-order chi connectivity index (χ1) is 12.5. The minimum atomic E-state index is -0.381. The molecule has 0 N–H and O–H groups in total. The van der Waals surface area contributed by atoms with Crippen LogP contribution in [-0.2, 0) is 6.54 Å². The fourth-order valence-corrected chi connectivity index (χ4v) is 3.83. The summed E-state index contributed by atoms with van der Waals surface area (Å²) in [6, 6.07) is 10.8. The molecule has 7 heteroatoms. The van der Waals surface area contributed by atoms with Crippen molar-refractivity contribution in [3.63, 3.8) is 0 Å². The van der Waals surface area contributed by atoms with E-state index in [-0.39, 0.29) is 22.9 Å². The number of hydrogen-bond acceptors (Lipinski definition) is 4. The van der Waals surface area contributed by atoms with Crippen molar-refractivity contribution in [2.24, 2.45) is 0 Å². The Balaban J connectivity index is 1.92. The smallest absolute Gasteiger partial charge is 0.262 e. The fraction of sp³-hybridized carbons (Fsp3) is 0.211. The molecule has 1 aromatic heterocycles. The number of aromatic nitrogens is 2. The first-order valence-corrected chi connectivity index (χ1v) is 9.89. The normalized spacial score (nSPS) is 11.0. The van der Waals surface area contributed by atoms with E-state index in [2.05, 4.69) is 20.9 Å². The number of ketones is 1. The van der Waals surface area contributed by atoms with Gasteiger partial charge in [-0.2, -0.15) is 0 Å². The average molecular weight is 435 g/mol. The number of thioether (sulfide) groups is 1. The van der Waals surface area contributed by atoms with E-state index < -0.39 is 0 Å². The Labute approximate surface area is 162 Å². The zero-order valence-corrected chi connectivity index (χ0v) is 16.4. The molecule has 26 heavy (non-hydrogen) atoms. The van der Waals surface area contributed by atoms with Crippen molar-refractivity contribution in [1.82, 2.24) is 9.55 Å². The predicted octanol–water partition coefficient (Wildman–Crippen LogP) is 4.68. The van der Waals surface area contributed by atoms with Crippen molar-refractivity contribution in [3.05, 3.63) is 68.7 Å². The molecule has 0 saturated heterocycles. The standard InChI is InChI=1S/C19H16BrFN2O2S/c1-2-9-23-18(25)15-10-13(20)5-8-16(15)22-19(23)26-11-17(24)12-3-6-14(21)7-4-12/h3-8,10H,2,9,11H2,1H3. The maximum atomic E-state index is 13.0. The summed E-state index contributed by atoms with van der Waals surface area (Å²) < 4.78 is 15.4. The highest BCUT2D eigenvalue weighted by molar-refractivity contribution is 9.10. The van der Waals surface area contributed by atoms with Gasteiger partial charge in [0.2, 0.25) is 0 Å². The third-order valence-corrected chi connectivity index (χ3v) is 5.30. The molecule has 0 bridgehead atoms. The van der Waals surface area contributed by atoms with Gasteiger partial charge in [-0.3, -0.25) is 14.2 Å². The molecule has 4 nitrogen and oxygen atoms in total. The van der Waals surface area contributed by atoms with Gasteiger partial charge in [-0.15, -0.1) is 0 Å². The van der Waals surface area contributed by atoms with E-state index in [1.807, 2.05) is 13.0 Å². The molecule has 0 fully saturated rings.